The molecule has 4 heavy (non-hydrogen) atoms. The van der Waals surface area contributed by atoms with Crippen molar-refractivity contribution in [1.29, 1.82) is 0 Å². The highest BCUT2D eigenvalue weighted by Crippen LogP contribution is 1.48. The zero-order valence-electron chi connectivity index (χ0n) is 2.23. The van der Waals surface area contributed by atoms with Crippen molar-refractivity contribution in [3.8, 4) is 0 Å². The SMILES string of the molecule is [CH2+]C=[C-]O. The maximum Gasteiger partial charge on any atom is 0.156 e. The van der Waals surface area contributed by atoms with Crippen molar-refractivity contribution < 1.29 is 5.11 Å². The molecule has 0 heterocycles. The Kier molecular flexibility index (Phi) is 2.05. The smallest absolute Gasteiger partial charge is 0.156 e. The minimum Gasteiger partial charge on any atom is -0.504 e. The van der Waals surface area contributed by atoms with Crippen molar-refractivity contribution in [2.75, 3.05) is 0 Å². The predicted octanol–water partition coefficient (Wildman–Crippen LogP) is 0.695. The summed E-state index contributed by atoms with van der Waals surface area (Å²) in [6.45, 7) is 3.12. The minimum atomic E-state index is 1.18. The standard InChI is InChI=1S/C3H4O/c1-2-3-4/h2,4H,1H2. The van der Waals surface area contributed by atoms with Crippen molar-refractivity contribution in [1.82, 2.24) is 0 Å². The summed E-state index contributed by atoms with van der Waals surface area (Å²) in [5, 5.41) is 7.51. The van der Waals surface area contributed by atoms with Gasteiger partial charge in [0.1, 0.15) is 0 Å². The molecule has 0 saturated heterocycles. The van der Waals surface area contributed by atoms with Gasteiger partial charge >= 0.3 is 0 Å². The Morgan fingerprint density at radius 3 is 2.25 bits per heavy atom. The average Bonchev–Trinajstić information content (AvgIpc) is 1.37. The Morgan fingerprint density at radius 2 is 2.25 bits per heavy atom. The summed E-state index contributed by atoms with van der Waals surface area (Å²) in [4.78, 5) is 0. The maximum atomic E-state index is 7.51. The van der Waals surface area contributed by atoms with Crippen molar-refractivity contribution in [2.24, 2.45) is 0 Å². The van der Waals surface area contributed by atoms with Crippen LogP contribution in [0.2, 0.25) is 0 Å². The van der Waals surface area contributed by atoms with E-state index in [4.69, 9.17) is 5.11 Å². The molecule has 0 rings (SSSR count). The van der Waals surface area contributed by atoms with Crippen LogP contribution in [-0.4, -0.2) is 5.11 Å². The van der Waals surface area contributed by atoms with Crippen LogP contribution in [0.5, 0.6) is 0 Å². The second-order valence-corrected chi connectivity index (χ2v) is 0.333. The van der Waals surface area contributed by atoms with E-state index in [0.717, 1.165) is 0 Å². The molecule has 0 aromatic carbocycles. The molecule has 0 unspecified atom stereocenters. The fraction of sp³-hybridized carbons (Fsp3) is 0. The molecule has 1 heteroatoms. The number of aliphatic hydroxyl groups excluding tert-OH is 1. The van der Waals surface area contributed by atoms with Crippen LogP contribution in [0.1, 0.15) is 0 Å². The molecule has 0 fully saturated rings. The first-order valence-corrected chi connectivity index (χ1v) is 0.921. The number of allylic oxidation sites excluding steroid dienone is 1. The summed E-state index contributed by atoms with van der Waals surface area (Å²) in [7, 11) is 0. The molecule has 0 aromatic rings. The molecule has 0 spiro atoms. The number of aliphatic hydroxyl groups is 1. The third-order valence-electron chi connectivity index (χ3n) is 0.0913. The summed E-state index contributed by atoms with van der Waals surface area (Å²) in [6, 6.07) is 0. The van der Waals surface area contributed by atoms with Crippen LogP contribution in [0.15, 0.2) is 6.08 Å². The number of hydrogen-bond donors (Lipinski definition) is 1. The Balaban J connectivity index is 2.55. The molecular formula is C3H4O. The summed E-state index contributed by atoms with van der Waals surface area (Å²) in [6.07, 6.45) is 2.88. The van der Waals surface area contributed by atoms with Crippen LogP contribution in [0.3, 0.4) is 0 Å². The summed E-state index contributed by atoms with van der Waals surface area (Å²) >= 11 is 0. The predicted molar refractivity (Wildman–Crippen MR) is 15.8 cm³/mol. The Labute approximate surface area is 25.6 Å². The Bertz CT molecular complexity index is 18.5. The summed E-state index contributed by atoms with van der Waals surface area (Å²) in [5.41, 5.74) is 0. The number of hydrogen-bond acceptors (Lipinski definition) is 1. The summed E-state index contributed by atoms with van der Waals surface area (Å²) in [5.74, 6) is 0. The van der Waals surface area contributed by atoms with Crippen molar-refractivity contribution >= 4 is 0 Å². The molecule has 0 bridgehead atoms. The molecule has 0 saturated carbocycles. The lowest BCUT2D eigenvalue weighted by Gasteiger charge is -1.50. The fourth-order valence-corrected chi connectivity index (χ4v) is 0. The lowest BCUT2D eigenvalue weighted by molar-refractivity contribution is 0.442. The third kappa shape index (κ3) is 1.41. The van der Waals surface area contributed by atoms with Crippen molar-refractivity contribution in [3.63, 3.8) is 0 Å². The van der Waals surface area contributed by atoms with Gasteiger partial charge in [-0.3, -0.25) is 0 Å². The van der Waals surface area contributed by atoms with Crippen LogP contribution < -0.4 is 0 Å². The first-order chi connectivity index (χ1) is 1.91. The second kappa shape index (κ2) is 2.41. The molecule has 0 aromatic heterocycles. The van der Waals surface area contributed by atoms with Gasteiger partial charge in [0.05, 0.1) is 0 Å². The molecular weight excluding hydrogens is 52.0 g/mol. The molecule has 0 aliphatic heterocycles. The van der Waals surface area contributed by atoms with Gasteiger partial charge < -0.3 is 5.11 Å². The molecule has 0 aliphatic carbocycles. The van der Waals surface area contributed by atoms with E-state index in [1.54, 1.807) is 6.26 Å². The average molecular weight is 56.1 g/mol. The van der Waals surface area contributed by atoms with Gasteiger partial charge in [0, 0.05) is 0 Å². The molecule has 22 valence electrons. The lowest BCUT2D eigenvalue weighted by Crippen LogP contribution is -1.39. The van der Waals surface area contributed by atoms with Crippen molar-refractivity contribution in [3.05, 3.63) is 19.3 Å². The highest BCUT2D eigenvalue weighted by atomic mass is 16.2. The van der Waals surface area contributed by atoms with Gasteiger partial charge in [-0.05, 0) is 6.08 Å². The van der Waals surface area contributed by atoms with E-state index in [1.807, 2.05) is 0 Å². The highest BCUT2D eigenvalue weighted by Gasteiger charge is 1.38. The molecule has 1 N–H and O–H groups in total. The van der Waals surface area contributed by atoms with E-state index >= 15 is 0 Å². The van der Waals surface area contributed by atoms with Gasteiger partial charge in [0.2, 0.25) is 0 Å². The Hall–Kier alpha value is -0.590. The lowest BCUT2D eigenvalue weighted by atomic mass is 10.8. The molecule has 0 amide bonds. The topological polar surface area (TPSA) is 20.2 Å². The first kappa shape index (κ1) is 3.41. The van der Waals surface area contributed by atoms with Crippen LogP contribution in [-0.2, 0) is 0 Å². The van der Waals surface area contributed by atoms with Gasteiger partial charge in [-0.15, -0.1) is 0 Å². The van der Waals surface area contributed by atoms with E-state index in [-0.39, 0.29) is 0 Å². The maximum absolute atomic E-state index is 7.51. The Morgan fingerprint density at radius 1 is 2.00 bits per heavy atom. The second-order valence-electron chi connectivity index (χ2n) is 0.333. The quantitative estimate of drug-likeness (QED) is 0.320. The van der Waals surface area contributed by atoms with Crippen LogP contribution >= 0.6 is 0 Å². The monoisotopic (exact) mass is 56.0 g/mol. The molecule has 1 nitrogen and oxygen atoms in total. The van der Waals surface area contributed by atoms with Crippen LogP contribution in [0.4, 0.5) is 0 Å². The van der Waals surface area contributed by atoms with Crippen molar-refractivity contribution in [2.45, 2.75) is 0 Å². The minimum absolute atomic E-state index is 1.18. The van der Waals surface area contributed by atoms with E-state index in [9.17, 15) is 0 Å². The normalized spacial score (nSPS) is 9.00. The molecule has 0 radical (unpaired) electrons. The summed E-state index contributed by atoms with van der Waals surface area (Å²) < 4.78 is 0. The fourth-order valence-electron chi connectivity index (χ4n) is 0. The third-order valence-corrected chi connectivity index (χ3v) is 0.0913. The zero-order valence-corrected chi connectivity index (χ0v) is 2.23. The van der Waals surface area contributed by atoms with E-state index in [0.29, 0.717) is 0 Å². The van der Waals surface area contributed by atoms with Gasteiger partial charge in [0.25, 0.3) is 0 Å². The van der Waals surface area contributed by atoms with Gasteiger partial charge in [-0.25, -0.2) is 0 Å². The largest absolute Gasteiger partial charge is 0.504 e. The van der Waals surface area contributed by atoms with Gasteiger partial charge in [-0.2, -0.15) is 0 Å². The molecule has 0 aliphatic rings. The van der Waals surface area contributed by atoms with Crippen LogP contribution in [0, 0.1) is 13.2 Å². The molecule has 0 atom stereocenters. The van der Waals surface area contributed by atoms with Gasteiger partial charge in [0.15, 0.2) is 6.26 Å². The van der Waals surface area contributed by atoms with Crippen LogP contribution in [0.25, 0.3) is 0 Å². The number of rotatable bonds is 0. The van der Waals surface area contributed by atoms with E-state index in [1.165, 1.54) is 6.08 Å². The zero-order chi connectivity index (χ0) is 3.41. The first-order valence-electron chi connectivity index (χ1n) is 0.921. The van der Waals surface area contributed by atoms with Gasteiger partial charge in [-0.1, -0.05) is 6.92 Å². The highest BCUT2D eigenvalue weighted by molar-refractivity contribution is 4.66. The van der Waals surface area contributed by atoms with E-state index in [2.05, 4.69) is 6.92 Å². The van der Waals surface area contributed by atoms with E-state index < -0.39 is 0 Å².